The quantitative estimate of drug-likeness (QED) is 0.317. The second-order valence-electron chi connectivity index (χ2n) is 6.72. The van der Waals surface area contributed by atoms with E-state index in [1.54, 1.807) is 42.6 Å². The fourth-order valence-electron chi connectivity index (χ4n) is 3.00. The third-order valence-corrected chi connectivity index (χ3v) is 4.53. The Bertz CT molecular complexity index is 1210. The SMILES string of the molecule is O=C(COc1ccc(C(=O)N/N=C/c2c[nH]c3ccccc23)cc1)Nc1ccccc1. The molecule has 0 unspecified atom stereocenters. The number of aromatic nitrogens is 1. The van der Waals surface area contributed by atoms with Gasteiger partial charge in [-0.25, -0.2) is 5.43 Å². The molecule has 2 amide bonds. The van der Waals surface area contributed by atoms with E-state index in [1.807, 2.05) is 48.7 Å². The smallest absolute Gasteiger partial charge is 0.271 e. The van der Waals surface area contributed by atoms with Gasteiger partial charge in [-0.1, -0.05) is 36.4 Å². The normalized spacial score (nSPS) is 10.8. The van der Waals surface area contributed by atoms with Crippen molar-refractivity contribution in [3.05, 3.63) is 96.2 Å². The van der Waals surface area contributed by atoms with Crippen molar-refractivity contribution in [1.29, 1.82) is 0 Å². The first kappa shape index (κ1) is 19.9. The summed E-state index contributed by atoms with van der Waals surface area (Å²) in [5.74, 6) is -0.119. The molecule has 0 saturated heterocycles. The van der Waals surface area contributed by atoms with Gasteiger partial charge in [0.15, 0.2) is 6.61 Å². The van der Waals surface area contributed by atoms with Crippen molar-refractivity contribution in [2.45, 2.75) is 0 Å². The Hall–Kier alpha value is -4.39. The maximum Gasteiger partial charge on any atom is 0.271 e. The molecule has 154 valence electrons. The number of amides is 2. The monoisotopic (exact) mass is 412 g/mol. The Morgan fingerprint density at radius 2 is 1.68 bits per heavy atom. The van der Waals surface area contributed by atoms with Gasteiger partial charge in [0.25, 0.3) is 11.8 Å². The Morgan fingerprint density at radius 1 is 0.935 bits per heavy atom. The van der Waals surface area contributed by atoms with E-state index in [-0.39, 0.29) is 18.4 Å². The molecule has 3 aromatic carbocycles. The summed E-state index contributed by atoms with van der Waals surface area (Å²) < 4.78 is 5.47. The van der Waals surface area contributed by atoms with E-state index < -0.39 is 0 Å². The van der Waals surface area contributed by atoms with Gasteiger partial charge in [-0.2, -0.15) is 5.10 Å². The van der Waals surface area contributed by atoms with Gasteiger partial charge < -0.3 is 15.0 Å². The van der Waals surface area contributed by atoms with Crippen LogP contribution in [0.2, 0.25) is 0 Å². The summed E-state index contributed by atoms with van der Waals surface area (Å²) in [4.78, 5) is 27.4. The van der Waals surface area contributed by atoms with Crippen LogP contribution >= 0.6 is 0 Å². The zero-order chi connectivity index (χ0) is 21.5. The summed E-state index contributed by atoms with van der Waals surface area (Å²) in [6, 6.07) is 23.5. The Balaban J connectivity index is 1.28. The molecule has 0 bridgehead atoms. The number of aromatic amines is 1. The Morgan fingerprint density at radius 3 is 2.48 bits per heavy atom. The van der Waals surface area contributed by atoms with Crippen LogP contribution in [0, 0.1) is 0 Å². The predicted octanol–water partition coefficient (Wildman–Crippen LogP) is 3.95. The van der Waals surface area contributed by atoms with Gasteiger partial charge in [-0.3, -0.25) is 9.59 Å². The van der Waals surface area contributed by atoms with Crippen LogP contribution in [-0.4, -0.2) is 29.6 Å². The van der Waals surface area contributed by atoms with Gasteiger partial charge in [-0.05, 0) is 42.5 Å². The van der Waals surface area contributed by atoms with Crippen LogP contribution < -0.4 is 15.5 Å². The molecule has 0 aliphatic rings. The number of hydrogen-bond acceptors (Lipinski definition) is 4. The van der Waals surface area contributed by atoms with E-state index in [9.17, 15) is 9.59 Å². The van der Waals surface area contributed by atoms with Gasteiger partial charge in [0.05, 0.1) is 6.21 Å². The first-order chi connectivity index (χ1) is 15.2. The third-order valence-electron chi connectivity index (χ3n) is 4.53. The second kappa shape index (κ2) is 9.41. The van der Waals surface area contributed by atoms with Gasteiger partial charge in [0.1, 0.15) is 5.75 Å². The van der Waals surface area contributed by atoms with Crippen molar-refractivity contribution >= 4 is 34.6 Å². The minimum atomic E-state index is -0.343. The highest BCUT2D eigenvalue weighted by atomic mass is 16.5. The van der Waals surface area contributed by atoms with E-state index in [1.165, 1.54) is 0 Å². The van der Waals surface area contributed by atoms with Crippen LogP contribution in [0.3, 0.4) is 0 Å². The summed E-state index contributed by atoms with van der Waals surface area (Å²) in [7, 11) is 0. The molecule has 4 rings (SSSR count). The molecule has 7 nitrogen and oxygen atoms in total. The highest BCUT2D eigenvalue weighted by molar-refractivity contribution is 6.00. The van der Waals surface area contributed by atoms with Crippen molar-refractivity contribution < 1.29 is 14.3 Å². The van der Waals surface area contributed by atoms with E-state index in [4.69, 9.17) is 4.74 Å². The third kappa shape index (κ3) is 5.16. The molecule has 0 radical (unpaired) electrons. The number of ether oxygens (including phenoxy) is 1. The molecule has 0 spiro atoms. The lowest BCUT2D eigenvalue weighted by Crippen LogP contribution is -2.20. The van der Waals surface area contributed by atoms with E-state index >= 15 is 0 Å². The average molecular weight is 412 g/mol. The summed E-state index contributed by atoms with van der Waals surface area (Å²) in [5.41, 5.74) is 5.53. The Labute approximate surface area is 178 Å². The highest BCUT2D eigenvalue weighted by Gasteiger charge is 2.07. The zero-order valence-electron chi connectivity index (χ0n) is 16.5. The molecule has 1 aromatic heterocycles. The molecule has 3 N–H and O–H groups in total. The van der Waals surface area contributed by atoms with Crippen LogP contribution in [0.25, 0.3) is 10.9 Å². The molecule has 0 saturated carbocycles. The number of carbonyl (C=O) groups excluding carboxylic acids is 2. The molecule has 0 atom stereocenters. The number of fused-ring (bicyclic) bond motifs is 1. The van der Waals surface area contributed by atoms with E-state index in [0.717, 1.165) is 16.5 Å². The number of carbonyl (C=O) groups is 2. The largest absolute Gasteiger partial charge is 0.484 e. The van der Waals surface area contributed by atoms with Crippen molar-refractivity contribution in [3.8, 4) is 5.75 Å². The Kier molecular flexibility index (Phi) is 6.04. The van der Waals surface area contributed by atoms with Crippen molar-refractivity contribution in [3.63, 3.8) is 0 Å². The van der Waals surface area contributed by atoms with Crippen LogP contribution in [-0.2, 0) is 4.79 Å². The van der Waals surface area contributed by atoms with Gasteiger partial charge >= 0.3 is 0 Å². The predicted molar refractivity (Wildman–Crippen MR) is 120 cm³/mol. The number of nitrogens with zero attached hydrogens (tertiary/aromatic N) is 1. The van der Waals surface area contributed by atoms with Crippen molar-refractivity contribution in [2.75, 3.05) is 11.9 Å². The molecule has 0 aliphatic carbocycles. The molecule has 4 aromatic rings. The first-order valence-corrected chi connectivity index (χ1v) is 9.66. The number of para-hydroxylation sites is 2. The van der Waals surface area contributed by atoms with Gasteiger partial charge in [-0.15, -0.1) is 0 Å². The van der Waals surface area contributed by atoms with Crippen LogP contribution in [0.5, 0.6) is 5.75 Å². The molecule has 0 aliphatic heterocycles. The lowest BCUT2D eigenvalue weighted by atomic mass is 10.2. The average Bonchev–Trinajstić information content (AvgIpc) is 3.22. The number of benzene rings is 3. The lowest BCUT2D eigenvalue weighted by Gasteiger charge is -2.08. The van der Waals surface area contributed by atoms with Crippen LogP contribution in [0.4, 0.5) is 5.69 Å². The number of hydrogen-bond donors (Lipinski definition) is 3. The van der Waals surface area contributed by atoms with Crippen molar-refractivity contribution in [2.24, 2.45) is 5.10 Å². The standard InChI is InChI=1S/C24H20N4O3/c29-23(27-19-6-2-1-3-7-19)16-31-20-12-10-17(11-13-20)24(30)28-26-15-18-14-25-22-9-5-4-8-21(18)22/h1-15,25H,16H2,(H,27,29)(H,28,30)/b26-15+. The topological polar surface area (TPSA) is 95.6 Å². The maximum absolute atomic E-state index is 12.3. The number of rotatable bonds is 7. The summed E-state index contributed by atoms with van der Waals surface area (Å²) in [6.07, 6.45) is 3.43. The summed E-state index contributed by atoms with van der Waals surface area (Å²) in [6.45, 7) is -0.130. The zero-order valence-corrected chi connectivity index (χ0v) is 16.5. The number of anilines is 1. The molecular formula is C24H20N4O3. The minimum absolute atomic E-state index is 0.130. The van der Waals surface area contributed by atoms with E-state index in [2.05, 4.69) is 20.8 Å². The molecule has 7 heteroatoms. The summed E-state index contributed by atoms with van der Waals surface area (Å²) in [5, 5.41) is 7.80. The molecular weight excluding hydrogens is 392 g/mol. The fourth-order valence-corrected chi connectivity index (χ4v) is 3.00. The van der Waals surface area contributed by atoms with Gasteiger partial charge in [0, 0.05) is 33.9 Å². The van der Waals surface area contributed by atoms with Crippen LogP contribution in [0.1, 0.15) is 15.9 Å². The molecule has 31 heavy (non-hydrogen) atoms. The summed E-state index contributed by atoms with van der Waals surface area (Å²) >= 11 is 0. The maximum atomic E-state index is 12.3. The molecule has 1 heterocycles. The molecule has 0 fully saturated rings. The minimum Gasteiger partial charge on any atom is -0.484 e. The van der Waals surface area contributed by atoms with Gasteiger partial charge in [0.2, 0.25) is 0 Å². The number of hydrazone groups is 1. The highest BCUT2D eigenvalue weighted by Crippen LogP contribution is 2.16. The number of H-pyrrole nitrogens is 1. The van der Waals surface area contributed by atoms with Crippen molar-refractivity contribution in [1.82, 2.24) is 10.4 Å². The lowest BCUT2D eigenvalue weighted by molar-refractivity contribution is -0.118. The second-order valence-corrected chi connectivity index (χ2v) is 6.72. The van der Waals surface area contributed by atoms with Crippen LogP contribution in [0.15, 0.2) is 90.2 Å². The van der Waals surface area contributed by atoms with E-state index in [0.29, 0.717) is 17.0 Å². The first-order valence-electron chi connectivity index (χ1n) is 9.66. The fraction of sp³-hybridized carbons (Fsp3) is 0.0417. The number of nitrogens with one attached hydrogen (secondary N) is 3.